The fraction of sp³-hybridized carbons (Fsp3) is 0.611. The standard InChI is InChI=1S/C18H27N3O3/c1-2-20-9-11-21(12-10-20)13-18(22)19-8-7-15-14-23-16-5-3-4-6-17(16)24-15/h3-6,15H,2,7-14H2,1H3,(H,19,22). The van der Waals surface area contributed by atoms with E-state index in [4.69, 9.17) is 9.47 Å². The van der Waals surface area contributed by atoms with Gasteiger partial charge in [-0.05, 0) is 18.7 Å². The van der Waals surface area contributed by atoms with Crippen molar-refractivity contribution in [2.24, 2.45) is 0 Å². The molecule has 2 aliphatic heterocycles. The number of benzene rings is 1. The number of hydrogen-bond donors (Lipinski definition) is 1. The number of fused-ring (bicyclic) bond motifs is 1. The molecule has 132 valence electrons. The second kappa shape index (κ2) is 8.35. The molecule has 1 aromatic carbocycles. The predicted octanol–water partition coefficient (Wildman–Crippen LogP) is 0.970. The molecular weight excluding hydrogens is 306 g/mol. The lowest BCUT2D eigenvalue weighted by Gasteiger charge is -2.33. The molecule has 0 spiro atoms. The van der Waals surface area contributed by atoms with Crippen LogP contribution in [0.1, 0.15) is 13.3 Å². The number of carbonyl (C=O) groups is 1. The van der Waals surface area contributed by atoms with Crippen LogP contribution in [-0.2, 0) is 4.79 Å². The van der Waals surface area contributed by atoms with Crippen LogP contribution in [0.4, 0.5) is 0 Å². The summed E-state index contributed by atoms with van der Waals surface area (Å²) in [5.74, 6) is 1.68. The molecule has 3 rings (SSSR count). The molecule has 1 N–H and O–H groups in total. The van der Waals surface area contributed by atoms with Crippen LogP contribution in [-0.4, -0.2) is 74.2 Å². The highest BCUT2D eigenvalue weighted by Gasteiger charge is 2.21. The Morgan fingerprint density at radius 1 is 1.17 bits per heavy atom. The maximum atomic E-state index is 12.1. The monoisotopic (exact) mass is 333 g/mol. The predicted molar refractivity (Wildman–Crippen MR) is 92.5 cm³/mol. The Morgan fingerprint density at radius 3 is 2.62 bits per heavy atom. The van der Waals surface area contributed by atoms with Crippen molar-refractivity contribution in [3.05, 3.63) is 24.3 Å². The summed E-state index contributed by atoms with van der Waals surface area (Å²) in [4.78, 5) is 16.7. The van der Waals surface area contributed by atoms with E-state index in [1.165, 1.54) is 0 Å². The average molecular weight is 333 g/mol. The third-order valence-corrected chi connectivity index (χ3v) is 4.64. The van der Waals surface area contributed by atoms with Gasteiger partial charge in [0.05, 0.1) is 6.54 Å². The first-order valence-corrected chi connectivity index (χ1v) is 8.84. The molecule has 2 aliphatic rings. The summed E-state index contributed by atoms with van der Waals surface area (Å²) in [5.41, 5.74) is 0. The third-order valence-electron chi connectivity index (χ3n) is 4.64. The molecule has 1 amide bonds. The van der Waals surface area contributed by atoms with Gasteiger partial charge >= 0.3 is 0 Å². The van der Waals surface area contributed by atoms with Crippen molar-refractivity contribution in [3.63, 3.8) is 0 Å². The van der Waals surface area contributed by atoms with Gasteiger partial charge < -0.3 is 19.7 Å². The van der Waals surface area contributed by atoms with Crippen molar-refractivity contribution >= 4 is 5.91 Å². The lowest BCUT2D eigenvalue weighted by atomic mass is 10.2. The number of amides is 1. The molecule has 0 radical (unpaired) electrons. The fourth-order valence-corrected chi connectivity index (χ4v) is 3.10. The summed E-state index contributed by atoms with van der Waals surface area (Å²) in [6.07, 6.45) is 0.747. The molecule has 6 nitrogen and oxygen atoms in total. The van der Waals surface area contributed by atoms with Crippen LogP contribution in [0.2, 0.25) is 0 Å². The van der Waals surface area contributed by atoms with Gasteiger partial charge in [0.15, 0.2) is 11.5 Å². The van der Waals surface area contributed by atoms with E-state index in [2.05, 4.69) is 22.0 Å². The lowest BCUT2D eigenvalue weighted by Crippen LogP contribution is -2.49. The Labute approximate surface area is 143 Å². The van der Waals surface area contributed by atoms with Crippen molar-refractivity contribution in [2.45, 2.75) is 19.4 Å². The van der Waals surface area contributed by atoms with Crippen LogP contribution in [0.25, 0.3) is 0 Å². The lowest BCUT2D eigenvalue weighted by molar-refractivity contribution is -0.122. The Kier molecular flexibility index (Phi) is 5.93. The molecule has 1 fully saturated rings. The van der Waals surface area contributed by atoms with Crippen molar-refractivity contribution in [2.75, 3.05) is 52.4 Å². The molecule has 0 saturated carbocycles. The van der Waals surface area contributed by atoms with E-state index in [1.54, 1.807) is 0 Å². The largest absolute Gasteiger partial charge is 0.486 e. The minimum Gasteiger partial charge on any atom is -0.486 e. The zero-order valence-corrected chi connectivity index (χ0v) is 14.4. The second-order valence-corrected chi connectivity index (χ2v) is 6.35. The van der Waals surface area contributed by atoms with Crippen LogP contribution in [0.3, 0.4) is 0 Å². The van der Waals surface area contributed by atoms with Gasteiger partial charge in [0, 0.05) is 39.1 Å². The van der Waals surface area contributed by atoms with E-state index >= 15 is 0 Å². The van der Waals surface area contributed by atoms with Gasteiger partial charge in [-0.1, -0.05) is 19.1 Å². The minimum absolute atomic E-state index is 0.00620. The van der Waals surface area contributed by atoms with Crippen molar-refractivity contribution in [3.8, 4) is 11.5 Å². The van der Waals surface area contributed by atoms with Gasteiger partial charge in [0.1, 0.15) is 12.7 Å². The van der Waals surface area contributed by atoms with Crippen LogP contribution in [0.5, 0.6) is 11.5 Å². The molecule has 0 aliphatic carbocycles. The van der Waals surface area contributed by atoms with E-state index < -0.39 is 0 Å². The van der Waals surface area contributed by atoms with Gasteiger partial charge in [-0.3, -0.25) is 9.69 Å². The molecule has 1 unspecified atom stereocenters. The second-order valence-electron chi connectivity index (χ2n) is 6.35. The summed E-state index contributed by atoms with van der Waals surface area (Å²) < 4.78 is 11.6. The molecule has 1 aromatic rings. The van der Waals surface area contributed by atoms with Crippen molar-refractivity contribution < 1.29 is 14.3 Å². The Hall–Kier alpha value is -1.79. The molecule has 1 atom stereocenters. The first-order chi connectivity index (χ1) is 11.7. The number of para-hydroxylation sites is 2. The molecule has 0 bridgehead atoms. The number of nitrogens with one attached hydrogen (secondary N) is 1. The number of hydrogen-bond acceptors (Lipinski definition) is 5. The fourth-order valence-electron chi connectivity index (χ4n) is 3.10. The summed E-state index contributed by atoms with van der Waals surface area (Å²) in [6, 6.07) is 7.69. The average Bonchev–Trinajstić information content (AvgIpc) is 2.62. The molecule has 2 heterocycles. The van der Waals surface area contributed by atoms with Gasteiger partial charge in [0.25, 0.3) is 0 Å². The van der Waals surface area contributed by atoms with Crippen molar-refractivity contribution in [1.82, 2.24) is 15.1 Å². The summed E-state index contributed by atoms with van der Waals surface area (Å²) >= 11 is 0. The highest BCUT2D eigenvalue weighted by molar-refractivity contribution is 5.78. The summed E-state index contributed by atoms with van der Waals surface area (Å²) in [6.45, 7) is 8.95. The van der Waals surface area contributed by atoms with Gasteiger partial charge in [-0.2, -0.15) is 0 Å². The van der Waals surface area contributed by atoms with Crippen molar-refractivity contribution in [1.29, 1.82) is 0 Å². The smallest absolute Gasteiger partial charge is 0.234 e. The zero-order valence-electron chi connectivity index (χ0n) is 14.4. The number of ether oxygens (including phenoxy) is 2. The number of rotatable bonds is 6. The van der Waals surface area contributed by atoms with Gasteiger partial charge in [-0.15, -0.1) is 0 Å². The van der Waals surface area contributed by atoms with E-state index in [0.29, 0.717) is 19.7 Å². The third kappa shape index (κ3) is 4.61. The summed E-state index contributed by atoms with van der Waals surface area (Å²) in [7, 11) is 0. The van der Waals surface area contributed by atoms with Crippen LogP contribution < -0.4 is 14.8 Å². The maximum Gasteiger partial charge on any atom is 0.234 e. The maximum absolute atomic E-state index is 12.1. The number of carbonyl (C=O) groups excluding carboxylic acids is 1. The topological polar surface area (TPSA) is 54.0 Å². The van der Waals surface area contributed by atoms with E-state index in [9.17, 15) is 4.79 Å². The van der Waals surface area contributed by atoms with E-state index in [-0.39, 0.29) is 12.0 Å². The molecular formula is C18H27N3O3. The number of nitrogens with zero attached hydrogens (tertiary/aromatic N) is 2. The minimum atomic E-state index is -0.00620. The molecule has 6 heteroatoms. The SMILES string of the molecule is CCN1CCN(CC(=O)NCCC2COc3ccccc3O2)CC1. The first kappa shape index (κ1) is 17.0. The van der Waals surface area contributed by atoms with E-state index in [0.717, 1.165) is 50.6 Å². The molecule has 1 saturated heterocycles. The van der Waals surface area contributed by atoms with Crippen LogP contribution in [0.15, 0.2) is 24.3 Å². The first-order valence-electron chi connectivity index (χ1n) is 8.84. The van der Waals surface area contributed by atoms with E-state index in [1.807, 2.05) is 24.3 Å². The Balaban J connectivity index is 1.33. The zero-order chi connectivity index (χ0) is 16.8. The summed E-state index contributed by atoms with van der Waals surface area (Å²) in [5, 5.41) is 3.00. The van der Waals surface area contributed by atoms with Crippen LogP contribution in [0, 0.1) is 0 Å². The molecule has 0 aromatic heterocycles. The highest BCUT2D eigenvalue weighted by Crippen LogP contribution is 2.31. The number of likely N-dealkylation sites (N-methyl/N-ethyl adjacent to an activating group) is 1. The quantitative estimate of drug-likeness (QED) is 0.841. The normalized spacial score (nSPS) is 21.5. The number of piperazine rings is 1. The Morgan fingerprint density at radius 2 is 1.88 bits per heavy atom. The van der Waals surface area contributed by atoms with Gasteiger partial charge in [0.2, 0.25) is 5.91 Å². The molecule has 24 heavy (non-hydrogen) atoms. The van der Waals surface area contributed by atoms with Crippen LogP contribution >= 0.6 is 0 Å². The highest BCUT2D eigenvalue weighted by atomic mass is 16.6. The Bertz CT molecular complexity index is 544. The van der Waals surface area contributed by atoms with Gasteiger partial charge in [-0.25, -0.2) is 0 Å².